The standard InChI is InChI=1S/C16H13ClN2O2/c1-18-10-11-19(16(18)20)13-4-8-15(9-5-13)21-14-6-2-12(17)3-7-14/h2-11H,1H3. The molecule has 0 saturated heterocycles. The van der Waals surface area contributed by atoms with Crippen LogP contribution in [-0.2, 0) is 7.05 Å². The summed E-state index contributed by atoms with van der Waals surface area (Å²) in [6, 6.07) is 14.5. The van der Waals surface area contributed by atoms with E-state index >= 15 is 0 Å². The lowest BCUT2D eigenvalue weighted by atomic mass is 10.3. The van der Waals surface area contributed by atoms with Gasteiger partial charge in [-0.15, -0.1) is 0 Å². The number of rotatable bonds is 3. The Labute approximate surface area is 126 Å². The molecule has 3 rings (SSSR count). The van der Waals surface area contributed by atoms with Crippen molar-refractivity contribution in [2.75, 3.05) is 0 Å². The van der Waals surface area contributed by atoms with Gasteiger partial charge >= 0.3 is 5.69 Å². The summed E-state index contributed by atoms with van der Waals surface area (Å²) in [5.74, 6) is 1.41. The largest absolute Gasteiger partial charge is 0.457 e. The molecule has 106 valence electrons. The third-order valence-electron chi connectivity index (χ3n) is 3.11. The maximum Gasteiger partial charge on any atom is 0.332 e. The number of aryl methyl sites for hydroxylation is 1. The fourth-order valence-electron chi connectivity index (χ4n) is 1.97. The number of imidazole rings is 1. The molecule has 21 heavy (non-hydrogen) atoms. The second-order valence-corrected chi connectivity index (χ2v) is 5.05. The lowest BCUT2D eigenvalue weighted by molar-refractivity contribution is 0.482. The van der Waals surface area contributed by atoms with E-state index in [1.54, 1.807) is 48.3 Å². The first-order valence-corrected chi connectivity index (χ1v) is 6.79. The lowest BCUT2D eigenvalue weighted by Crippen LogP contribution is -2.20. The lowest BCUT2D eigenvalue weighted by Gasteiger charge is -2.07. The van der Waals surface area contributed by atoms with Crippen LogP contribution in [0, 0.1) is 0 Å². The van der Waals surface area contributed by atoms with Gasteiger partial charge in [-0.3, -0.25) is 4.57 Å². The third kappa shape index (κ3) is 2.85. The first-order chi connectivity index (χ1) is 10.1. The Morgan fingerprint density at radius 3 is 2.00 bits per heavy atom. The van der Waals surface area contributed by atoms with Crippen molar-refractivity contribution in [3.8, 4) is 17.2 Å². The summed E-state index contributed by atoms with van der Waals surface area (Å²) in [6.07, 6.45) is 3.46. The molecule has 0 aliphatic heterocycles. The Bertz CT molecular complexity index is 802. The van der Waals surface area contributed by atoms with Crippen molar-refractivity contribution in [2.45, 2.75) is 0 Å². The van der Waals surface area contributed by atoms with Crippen molar-refractivity contribution in [1.29, 1.82) is 0 Å². The maximum absolute atomic E-state index is 11.9. The van der Waals surface area contributed by atoms with Crippen molar-refractivity contribution >= 4 is 11.6 Å². The highest BCUT2D eigenvalue weighted by atomic mass is 35.5. The second-order valence-electron chi connectivity index (χ2n) is 4.61. The van der Waals surface area contributed by atoms with Crippen LogP contribution in [0.5, 0.6) is 11.5 Å². The van der Waals surface area contributed by atoms with E-state index in [-0.39, 0.29) is 5.69 Å². The van der Waals surface area contributed by atoms with Crippen LogP contribution in [0.15, 0.2) is 65.7 Å². The Morgan fingerprint density at radius 2 is 1.48 bits per heavy atom. The van der Waals surface area contributed by atoms with Gasteiger partial charge in [0.15, 0.2) is 0 Å². The number of benzene rings is 2. The molecule has 0 aliphatic rings. The molecule has 2 aromatic carbocycles. The van der Waals surface area contributed by atoms with E-state index < -0.39 is 0 Å². The van der Waals surface area contributed by atoms with Gasteiger partial charge < -0.3 is 9.30 Å². The van der Waals surface area contributed by atoms with Crippen molar-refractivity contribution in [2.24, 2.45) is 7.05 Å². The van der Waals surface area contributed by atoms with Gasteiger partial charge in [0.05, 0.1) is 5.69 Å². The monoisotopic (exact) mass is 300 g/mol. The summed E-state index contributed by atoms with van der Waals surface area (Å²) in [4.78, 5) is 11.9. The molecular weight excluding hydrogens is 288 g/mol. The molecule has 0 fully saturated rings. The van der Waals surface area contributed by atoms with Crippen molar-refractivity contribution in [3.05, 3.63) is 76.4 Å². The maximum atomic E-state index is 11.9. The van der Waals surface area contributed by atoms with Crippen molar-refractivity contribution in [1.82, 2.24) is 9.13 Å². The minimum atomic E-state index is -0.0821. The summed E-state index contributed by atoms with van der Waals surface area (Å²) in [5, 5.41) is 0.668. The fraction of sp³-hybridized carbons (Fsp3) is 0.0625. The highest BCUT2D eigenvalue weighted by Crippen LogP contribution is 2.23. The van der Waals surface area contributed by atoms with Gasteiger partial charge in [-0.1, -0.05) is 11.6 Å². The van der Waals surface area contributed by atoms with Gasteiger partial charge in [-0.05, 0) is 48.5 Å². The average Bonchev–Trinajstić information content (AvgIpc) is 2.83. The van der Waals surface area contributed by atoms with Crippen LogP contribution in [-0.4, -0.2) is 9.13 Å². The van der Waals surface area contributed by atoms with Crippen LogP contribution >= 0.6 is 11.6 Å². The van der Waals surface area contributed by atoms with Crippen molar-refractivity contribution in [3.63, 3.8) is 0 Å². The number of aromatic nitrogens is 2. The van der Waals surface area contributed by atoms with Crippen LogP contribution in [0.1, 0.15) is 0 Å². The molecule has 0 amide bonds. The van der Waals surface area contributed by atoms with Crippen LogP contribution in [0.2, 0.25) is 5.02 Å². The van der Waals surface area contributed by atoms with E-state index in [2.05, 4.69) is 0 Å². The van der Waals surface area contributed by atoms with Gasteiger partial charge in [-0.2, -0.15) is 0 Å². The van der Waals surface area contributed by atoms with Crippen LogP contribution in [0.3, 0.4) is 0 Å². The summed E-state index contributed by atoms with van der Waals surface area (Å²) >= 11 is 5.83. The van der Waals surface area contributed by atoms with Crippen LogP contribution in [0.25, 0.3) is 5.69 Å². The Hall–Kier alpha value is -2.46. The van der Waals surface area contributed by atoms with Crippen molar-refractivity contribution < 1.29 is 4.74 Å². The summed E-state index contributed by atoms with van der Waals surface area (Å²) < 4.78 is 8.81. The highest BCUT2D eigenvalue weighted by Gasteiger charge is 2.03. The molecule has 0 atom stereocenters. The van der Waals surface area contributed by atoms with Gasteiger partial charge in [0, 0.05) is 24.5 Å². The smallest absolute Gasteiger partial charge is 0.332 e. The molecule has 0 radical (unpaired) electrons. The zero-order valence-electron chi connectivity index (χ0n) is 11.4. The number of hydrogen-bond donors (Lipinski definition) is 0. The first-order valence-electron chi connectivity index (χ1n) is 6.41. The van der Waals surface area contributed by atoms with E-state index in [9.17, 15) is 4.79 Å². The molecular formula is C16H13ClN2O2. The average molecular weight is 301 g/mol. The van der Waals surface area contributed by atoms with Gasteiger partial charge in [0.1, 0.15) is 11.5 Å². The predicted molar refractivity (Wildman–Crippen MR) is 82.5 cm³/mol. The number of halogens is 1. The molecule has 0 N–H and O–H groups in total. The van der Waals surface area contributed by atoms with E-state index in [1.165, 1.54) is 4.57 Å². The minimum Gasteiger partial charge on any atom is -0.457 e. The van der Waals surface area contributed by atoms with Gasteiger partial charge in [0.25, 0.3) is 0 Å². The molecule has 4 nitrogen and oxygen atoms in total. The predicted octanol–water partition coefficient (Wildman–Crippen LogP) is 3.62. The van der Waals surface area contributed by atoms with E-state index in [1.807, 2.05) is 24.3 Å². The highest BCUT2D eigenvalue weighted by molar-refractivity contribution is 6.30. The minimum absolute atomic E-state index is 0.0821. The quantitative estimate of drug-likeness (QED) is 0.740. The molecule has 5 heteroatoms. The second kappa shape index (κ2) is 5.50. The van der Waals surface area contributed by atoms with E-state index in [4.69, 9.17) is 16.3 Å². The Balaban J connectivity index is 1.82. The van der Waals surface area contributed by atoms with Crippen LogP contribution in [0.4, 0.5) is 0 Å². The molecule has 0 saturated carbocycles. The van der Waals surface area contributed by atoms with Gasteiger partial charge in [0.2, 0.25) is 0 Å². The molecule has 0 unspecified atom stereocenters. The summed E-state index contributed by atoms with van der Waals surface area (Å²) in [7, 11) is 1.72. The van der Waals surface area contributed by atoms with Gasteiger partial charge in [-0.25, -0.2) is 4.79 Å². The SMILES string of the molecule is Cn1ccn(-c2ccc(Oc3ccc(Cl)cc3)cc2)c1=O. The molecule has 1 heterocycles. The number of ether oxygens (including phenoxy) is 1. The Morgan fingerprint density at radius 1 is 0.905 bits per heavy atom. The number of nitrogens with zero attached hydrogens (tertiary/aromatic N) is 2. The first kappa shape index (κ1) is 13.5. The Kier molecular flexibility index (Phi) is 3.54. The fourth-order valence-corrected chi connectivity index (χ4v) is 2.10. The molecule has 0 aliphatic carbocycles. The topological polar surface area (TPSA) is 36.2 Å². The number of hydrogen-bond acceptors (Lipinski definition) is 2. The normalized spacial score (nSPS) is 10.6. The molecule has 3 aromatic rings. The van der Waals surface area contributed by atoms with E-state index in [0.29, 0.717) is 16.5 Å². The summed E-state index contributed by atoms with van der Waals surface area (Å²) in [6.45, 7) is 0. The molecule has 1 aromatic heterocycles. The van der Waals surface area contributed by atoms with E-state index in [0.717, 1.165) is 5.69 Å². The zero-order chi connectivity index (χ0) is 14.8. The summed E-state index contributed by atoms with van der Waals surface area (Å²) in [5.41, 5.74) is 0.713. The van der Waals surface area contributed by atoms with Crippen LogP contribution < -0.4 is 10.4 Å². The molecule has 0 bridgehead atoms. The third-order valence-corrected chi connectivity index (χ3v) is 3.36. The zero-order valence-corrected chi connectivity index (χ0v) is 12.1. The molecule has 0 spiro atoms.